The van der Waals surface area contributed by atoms with Crippen LogP contribution in [-0.2, 0) is 6.42 Å². The van der Waals surface area contributed by atoms with E-state index in [0.29, 0.717) is 5.41 Å². The number of hydrogen-bond donors (Lipinski definition) is 2. The van der Waals surface area contributed by atoms with Crippen LogP contribution in [0.15, 0.2) is 18.2 Å². The monoisotopic (exact) mass is 299 g/mol. The number of anilines is 1. The van der Waals surface area contributed by atoms with Gasteiger partial charge in [0, 0.05) is 37.4 Å². The summed E-state index contributed by atoms with van der Waals surface area (Å²) < 4.78 is 0. The van der Waals surface area contributed by atoms with Gasteiger partial charge in [-0.3, -0.25) is 4.79 Å². The van der Waals surface area contributed by atoms with Crippen LogP contribution in [0.25, 0.3) is 0 Å². The fraction of sp³-hybridized carbons (Fsp3) is 0.611. The number of piperidine rings is 1. The van der Waals surface area contributed by atoms with Crippen LogP contribution in [0, 0.1) is 5.41 Å². The van der Waals surface area contributed by atoms with E-state index < -0.39 is 0 Å². The van der Waals surface area contributed by atoms with Crippen molar-refractivity contribution in [2.45, 2.75) is 32.1 Å². The van der Waals surface area contributed by atoms with Crippen LogP contribution in [0.5, 0.6) is 0 Å². The van der Waals surface area contributed by atoms with Crippen molar-refractivity contribution in [1.82, 2.24) is 10.2 Å². The number of amides is 1. The lowest BCUT2D eigenvalue weighted by molar-refractivity contribution is 0.0606. The Morgan fingerprint density at radius 3 is 2.77 bits per heavy atom. The quantitative estimate of drug-likeness (QED) is 0.836. The van der Waals surface area contributed by atoms with Crippen molar-refractivity contribution in [3.05, 3.63) is 29.3 Å². The molecule has 3 heterocycles. The predicted molar refractivity (Wildman–Crippen MR) is 88.3 cm³/mol. The third-order valence-electron chi connectivity index (χ3n) is 5.77. The fourth-order valence-corrected chi connectivity index (χ4v) is 4.29. The second-order valence-electron chi connectivity index (χ2n) is 7.08. The Morgan fingerprint density at radius 2 is 2.00 bits per heavy atom. The molecule has 0 unspecified atom stereocenters. The minimum absolute atomic E-state index is 0.237. The minimum atomic E-state index is 0.237. The van der Waals surface area contributed by atoms with E-state index in [-0.39, 0.29) is 5.91 Å². The highest BCUT2D eigenvalue weighted by Gasteiger charge is 2.38. The normalized spacial score (nSPS) is 23.2. The standard InChI is InChI=1S/C18H25N3O/c22-17(15-3-1-5-16-14(15)4-2-9-20-16)21-11-7-18(8-12-21)6-10-19-13-18/h1,3,5,19-20H,2,4,6-13H2. The van der Waals surface area contributed by atoms with Gasteiger partial charge in [-0.2, -0.15) is 0 Å². The molecule has 1 aromatic carbocycles. The summed E-state index contributed by atoms with van der Waals surface area (Å²) in [5.74, 6) is 0.237. The van der Waals surface area contributed by atoms with Crippen molar-refractivity contribution >= 4 is 11.6 Å². The molecule has 2 N–H and O–H groups in total. The summed E-state index contributed by atoms with van der Waals surface area (Å²) >= 11 is 0. The third-order valence-corrected chi connectivity index (χ3v) is 5.77. The molecule has 0 bridgehead atoms. The molecule has 4 nitrogen and oxygen atoms in total. The number of hydrogen-bond acceptors (Lipinski definition) is 3. The Morgan fingerprint density at radius 1 is 1.14 bits per heavy atom. The minimum Gasteiger partial charge on any atom is -0.385 e. The van der Waals surface area contributed by atoms with Crippen molar-refractivity contribution in [2.75, 3.05) is 38.0 Å². The maximum absolute atomic E-state index is 13.0. The maximum atomic E-state index is 13.0. The van der Waals surface area contributed by atoms with Crippen LogP contribution in [0.3, 0.4) is 0 Å². The largest absolute Gasteiger partial charge is 0.385 e. The first-order valence-corrected chi connectivity index (χ1v) is 8.63. The van der Waals surface area contributed by atoms with E-state index >= 15 is 0 Å². The Balaban J connectivity index is 1.51. The molecule has 0 aromatic heterocycles. The van der Waals surface area contributed by atoms with Crippen molar-refractivity contribution in [1.29, 1.82) is 0 Å². The molecule has 1 amide bonds. The molecule has 0 saturated carbocycles. The van der Waals surface area contributed by atoms with E-state index in [1.54, 1.807) is 0 Å². The highest BCUT2D eigenvalue weighted by molar-refractivity contribution is 5.97. The summed E-state index contributed by atoms with van der Waals surface area (Å²) in [6.07, 6.45) is 5.72. The number of carbonyl (C=O) groups excluding carboxylic acids is 1. The zero-order valence-electron chi connectivity index (χ0n) is 13.2. The van der Waals surface area contributed by atoms with Gasteiger partial charge in [-0.1, -0.05) is 6.07 Å². The zero-order valence-corrected chi connectivity index (χ0v) is 13.2. The molecule has 3 aliphatic rings. The summed E-state index contributed by atoms with van der Waals surface area (Å²) in [6.45, 7) is 5.13. The molecule has 4 rings (SSSR count). The number of rotatable bonds is 1. The number of benzene rings is 1. The molecule has 22 heavy (non-hydrogen) atoms. The van der Waals surface area contributed by atoms with Gasteiger partial charge in [0.1, 0.15) is 0 Å². The molecule has 1 spiro atoms. The van der Waals surface area contributed by atoms with Crippen molar-refractivity contribution < 1.29 is 4.79 Å². The Kier molecular flexibility index (Phi) is 3.57. The summed E-state index contributed by atoms with van der Waals surface area (Å²) in [4.78, 5) is 15.0. The van der Waals surface area contributed by atoms with E-state index in [1.807, 2.05) is 12.1 Å². The van der Waals surface area contributed by atoms with Crippen molar-refractivity contribution in [3.8, 4) is 0 Å². The van der Waals surface area contributed by atoms with E-state index in [0.717, 1.165) is 69.7 Å². The molecule has 3 aliphatic heterocycles. The van der Waals surface area contributed by atoms with Gasteiger partial charge in [-0.05, 0) is 61.8 Å². The Bertz CT molecular complexity index is 568. The molecule has 0 atom stereocenters. The van der Waals surface area contributed by atoms with Gasteiger partial charge in [-0.15, -0.1) is 0 Å². The second kappa shape index (κ2) is 5.58. The van der Waals surface area contributed by atoms with E-state index in [2.05, 4.69) is 21.6 Å². The molecule has 1 aromatic rings. The highest BCUT2D eigenvalue weighted by atomic mass is 16.2. The maximum Gasteiger partial charge on any atom is 0.254 e. The molecule has 4 heteroatoms. The summed E-state index contributed by atoms with van der Waals surface area (Å²) in [7, 11) is 0. The Hall–Kier alpha value is -1.55. The van der Waals surface area contributed by atoms with Crippen molar-refractivity contribution in [3.63, 3.8) is 0 Å². The molecule has 2 saturated heterocycles. The zero-order chi connectivity index (χ0) is 15.0. The third kappa shape index (κ3) is 2.39. The van der Waals surface area contributed by atoms with Crippen molar-refractivity contribution in [2.24, 2.45) is 5.41 Å². The summed E-state index contributed by atoms with van der Waals surface area (Å²) in [6, 6.07) is 6.12. The smallest absolute Gasteiger partial charge is 0.254 e. The van der Waals surface area contributed by atoms with E-state index in [4.69, 9.17) is 0 Å². The molecule has 0 radical (unpaired) electrons. The lowest BCUT2D eigenvalue weighted by atomic mass is 9.77. The van der Waals surface area contributed by atoms with Gasteiger partial charge in [0.2, 0.25) is 0 Å². The SMILES string of the molecule is O=C(c1cccc2c1CCCN2)N1CCC2(CCNC2)CC1. The first-order valence-electron chi connectivity index (χ1n) is 8.63. The van der Waals surface area contributed by atoms with Crippen LogP contribution in [0.2, 0.25) is 0 Å². The first kappa shape index (κ1) is 14.1. The fourth-order valence-electron chi connectivity index (χ4n) is 4.29. The predicted octanol–water partition coefficient (Wildman–Crippen LogP) is 2.26. The van der Waals surface area contributed by atoms with E-state index in [9.17, 15) is 4.79 Å². The van der Waals surface area contributed by atoms with Crippen LogP contribution in [-0.4, -0.2) is 43.5 Å². The lowest BCUT2D eigenvalue weighted by Gasteiger charge is -2.39. The molecule has 2 fully saturated rings. The van der Waals surface area contributed by atoms with Gasteiger partial charge in [0.15, 0.2) is 0 Å². The summed E-state index contributed by atoms with van der Waals surface area (Å²) in [5, 5.41) is 6.91. The van der Waals surface area contributed by atoms with Gasteiger partial charge in [0.05, 0.1) is 0 Å². The van der Waals surface area contributed by atoms with Crippen LogP contribution in [0.4, 0.5) is 5.69 Å². The molecular formula is C18H25N3O. The first-order chi connectivity index (χ1) is 10.8. The second-order valence-corrected chi connectivity index (χ2v) is 7.08. The molecular weight excluding hydrogens is 274 g/mol. The topological polar surface area (TPSA) is 44.4 Å². The number of nitrogens with one attached hydrogen (secondary N) is 2. The van der Waals surface area contributed by atoms with Gasteiger partial charge in [0.25, 0.3) is 5.91 Å². The number of fused-ring (bicyclic) bond motifs is 1. The average Bonchev–Trinajstić information content (AvgIpc) is 3.02. The van der Waals surface area contributed by atoms with Gasteiger partial charge in [-0.25, -0.2) is 0 Å². The van der Waals surface area contributed by atoms with Crippen LogP contribution < -0.4 is 10.6 Å². The number of likely N-dealkylation sites (tertiary alicyclic amines) is 1. The Labute approximate surface area is 132 Å². The number of carbonyl (C=O) groups is 1. The lowest BCUT2D eigenvalue weighted by Crippen LogP contribution is -2.44. The highest BCUT2D eigenvalue weighted by Crippen LogP contribution is 2.37. The van der Waals surface area contributed by atoms with E-state index in [1.165, 1.54) is 12.0 Å². The van der Waals surface area contributed by atoms with Gasteiger partial charge >= 0.3 is 0 Å². The average molecular weight is 299 g/mol. The molecule has 118 valence electrons. The number of nitrogens with zero attached hydrogens (tertiary/aromatic N) is 1. The van der Waals surface area contributed by atoms with Crippen LogP contribution >= 0.6 is 0 Å². The van der Waals surface area contributed by atoms with Gasteiger partial charge < -0.3 is 15.5 Å². The van der Waals surface area contributed by atoms with Crippen LogP contribution in [0.1, 0.15) is 41.6 Å². The molecule has 0 aliphatic carbocycles. The summed E-state index contributed by atoms with van der Waals surface area (Å²) in [5.41, 5.74) is 3.77.